The highest BCUT2D eigenvalue weighted by molar-refractivity contribution is 5.94. The fourth-order valence-corrected chi connectivity index (χ4v) is 9.94. The van der Waals surface area contributed by atoms with Crippen molar-refractivity contribution in [1.29, 1.82) is 0 Å². The van der Waals surface area contributed by atoms with E-state index < -0.39 is 46.7 Å². The van der Waals surface area contributed by atoms with Crippen molar-refractivity contribution < 1.29 is 38.2 Å². The van der Waals surface area contributed by atoms with Crippen LogP contribution >= 0.6 is 0 Å². The highest BCUT2D eigenvalue weighted by atomic mass is 16.5. The zero-order valence-electron chi connectivity index (χ0n) is 38.6. The zero-order valence-corrected chi connectivity index (χ0v) is 38.6. The average Bonchev–Trinajstić information content (AvgIpc) is 4.05. The number of carbonyl (C=O) groups excluding carboxylic acids is 6. The maximum Gasteiger partial charge on any atom is 0.306 e. The summed E-state index contributed by atoms with van der Waals surface area (Å²) in [6.45, 7) is 12.6. The number of Topliss-reactive ketones (excluding diaryl/α,β-unsaturated/α-hetero) is 2. The van der Waals surface area contributed by atoms with Crippen LogP contribution in [0.1, 0.15) is 127 Å². The molecule has 3 aromatic rings. The lowest BCUT2D eigenvalue weighted by Crippen LogP contribution is -2.47. The predicted molar refractivity (Wildman–Crippen MR) is 243 cm³/mol. The van der Waals surface area contributed by atoms with Crippen molar-refractivity contribution in [3.63, 3.8) is 0 Å². The number of carbonyl (C=O) groups is 6. The largest absolute Gasteiger partial charge is 0.469 e. The van der Waals surface area contributed by atoms with Crippen molar-refractivity contribution in [3.8, 4) is 0 Å². The van der Waals surface area contributed by atoms with Gasteiger partial charge in [0.1, 0.15) is 0 Å². The molecule has 0 radical (unpaired) electrons. The molecule has 63 heavy (non-hydrogen) atoms. The molecule has 0 aliphatic carbocycles. The number of benzene rings is 3. The zero-order chi connectivity index (χ0) is 45.6. The molecule has 3 heterocycles. The Balaban J connectivity index is 1.13. The minimum absolute atomic E-state index is 0.00943. The van der Waals surface area contributed by atoms with Gasteiger partial charge < -0.3 is 24.2 Å². The van der Waals surface area contributed by atoms with Gasteiger partial charge in [0.2, 0.25) is 11.8 Å². The van der Waals surface area contributed by atoms with E-state index in [1.807, 2.05) is 71.9 Å². The molecule has 3 aliphatic rings. The van der Waals surface area contributed by atoms with Crippen LogP contribution in [0.3, 0.4) is 0 Å². The van der Waals surface area contributed by atoms with Crippen LogP contribution in [-0.2, 0) is 51.1 Å². The second kappa shape index (κ2) is 20.0. The molecule has 3 saturated heterocycles. The number of hydrogen-bond acceptors (Lipinski definition) is 9. The Morgan fingerprint density at radius 1 is 0.556 bits per heavy atom. The van der Waals surface area contributed by atoms with Gasteiger partial charge in [0.25, 0.3) is 0 Å². The van der Waals surface area contributed by atoms with E-state index in [9.17, 15) is 28.8 Å². The second-order valence-electron chi connectivity index (χ2n) is 19.9. The van der Waals surface area contributed by atoms with Crippen molar-refractivity contribution in [3.05, 3.63) is 101 Å². The van der Waals surface area contributed by atoms with E-state index in [2.05, 4.69) is 53.4 Å². The summed E-state index contributed by atoms with van der Waals surface area (Å²) in [6, 6.07) is 26.2. The first-order chi connectivity index (χ1) is 29.9. The molecular weight excluding hydrogens is 795 g/mol. The molecule has 0 spiro atoms. The van der Waals surface area contributed by atoms with Crippen LogP contribution in [-0.4, -0.2) is 84.5 Å². The second-order valence-corrected chi connectivity index (χ2v) is 19.9. The van der Waals surface area contributed by atoms with Crippen LogP contribution in [0.15, 0.2) is 78.9 Å². The van der Waals surface area contributed by atoms with Crippen LogP contribution in [0.25, 0.3) is 0 Å². The number of ether oxygens (including phenoxy) is 2. The molecule has 0 aromatic heterocycles. The minimum Gasteiger partial charge on any atom is -0.469 e. The van der Waals surface area contributed by atoms with E-state index in [1.54, 1.807) is 9.80 Å². The monoisotopic (exact) mass is 861 g/mol. The lowest BCUT2D eigenvalue weighted by molar-refractivity contribution is -0.151. The van der Waals surface area contributed by atoms with Crippen LogP contribution in [0.2, 0.25) is 0 Å². The Bertz CT molecular complexity index is 1970. The average molecular weight is 862 g/mol. The normalized spacial score (nSPS) is 21.2. The van der Waals surface area contributed by atoms with Gasteiger partial charge in [-0.15, -0.1) is 0 Å². The molecule has 3 fully saturated rings. The van der Waals surface area contributed by atoms with Crippen LogP contribution in [0.4, 0.5) is 5.69 Å². The maximum atomic E-state index is 13.8. The summed E-state index contributed by atoms with van der Waals surface area (Å²) in [6.07, 6.45) is 4.98. The number of amides is 2. The summed E-state index contributed by atoms with van der Waals surface area (Å²) in [7, 11) is 2.65. The number of nitrogens with zero attached hydrogens (tertiary/aromatic N) is 3. The summed E-state index contributed by atoms with van der Waals surface area (Å²) in [4.78, 5) is 85.6. The Kier molecular flexibility index (Phi) is 15.0. The highest BCUT2D eigenvalue weighted by Crippen LogP contribution is 2.47. The number of methoxy groups -OCH3 is 2. The number of ketones is 2. The van der Waals surface area contributed by atoms with Gasteiger partial charge in [-0.25, -0.2) is 0 Å². The third kappa shape index (κ3) is 11.1. The van der Waals surface area contributed by atoms with Gasteiger partial charge >= 0.3 is 11.9 Å². The number of likely N-dealkylation sites (tertiary alicyclic amines) is 2. The first-order valence-electron chi connectivity index (χ1n) is 22.7. The van der Waals surface area contributed by atoms with E-state index in [1.165, 1.54) is 14.2 Å². The molecule has 11 nitrogen and oxygen atoms in total. The third-order valence-corrected chi connectivity index (χ3v) is 13.6. The van der Waals surface area contributed by atoms with Gasteiger partial charge in [0.15, 0.2) is 11.6 Å². The summed E-state index contributed by atoms with van der Waals surface area (Å²) in [5, 5.41) is 0. The number of esters is 2. The predicted octanol–water partition coefficient (Wildman–Crippen LogP) is 8.43. The molecule has 6 rings (SSSR count). The van der Waals surface area contributed by atoms with Gasteiger partial charge in [-0.3, -0.25) is 28.8 Å². The molecule has 0 saturated carbocycles. The van der Waals surface area contributed by atoms with Gasteiger partial charge in [0, 0.05) is 31.6 Å². The molecule has 3 aliphatic heterocycles. The molecule has 2 amide bonds. The van der Waals surface area contributed by atoms with Gasteiger partial charge in [-0.1, -0.05) is 108 Å². The summed E-state index contributed by atoms with van der Waals surface area (Å²) >= 11 is 0. The Morgan fingerprint density at radius 3 is 1.29 bits per heavy atom. The molecule has 3 aromatic carbocycles. The van der Waals surface area contributed by atoms with Crippen LogP contribution in [0, 0.1) is 22.7 Å². The van der Waals surface area contributed by atoms with E-state index in [-0.39, 0.29) is 61.1 Å². The first kappa shape index (κ1) is 47.2. The molecule has 0 bridgehead atoms. The van der Waals surface area contributed by atoms with E-state index in [4.69, 9.17) is 9.47 Å². The molecule has 6 atom stereocenters. The number of rotatable bonds is 15. The summed E-state index contributed by atoms with van der Waals surface area (Å²) < 4.78 is 9.80. The van der Waals surface area contributed by atoms with Crippen LogP contribution in [0.5, 0.6) is 0 Å². The lowest BCUT2D eigenvalue weighted by Gasteiger charge is -2.34. The van der Waals surface area contributed by atoms with Gasteiger partial charge in [-0.2, -0.15) is 0 Å². The van der Waals surface area contributed by atoms with E-state index in [0.717, 1.165) is 53.6 Å². The number of anilines is 1. The van der Waals surface area contributed by atoms with Crippen molar-refractivity contribution in [1.82, 2.24) is 9.80 Å². The van der Waals surface area contributed by atoms with E-state index >= 15 is 0 Å². The van der Waals surface area contributed by atoms with Gasteiger partial charge in [-0.05, 0) is 83.7 Å². The third-order valence-electron chi connectivity index (χ3n) is 13.6. The smallest absolute Gasteiger partial charge is 0.306 e. The first-order valence-corrected chi connectivity index (χ1v) is 22.7. The Hall–Kier alpha value is -5.32. The van der Waals surface area contributed by atoms with Crippen LogP contribution < -0.4 is 4.90 Å². The quantitative estimate of drug-likeness (QED) is 0.138. The van der Waals surface area contributed by atoms with Crippen molar-refractivity contribution in [2.75, 3.05) is 32.2 Å². The molecule has 11 heteroatoms. The highest BCUT2D eigenvalue weighted by Gasteiger charge is 2.44. The minimum atomic E-state index is -0.581. The topological polar surface area (TPSA) is 131 Å². The molecular formula is C52H67N3O8. The van der Waals surface area contributed by atoms with E-state index in [0.29, 0.717) is 25.9 Å². The fourth-order valence-electron chi connectivity index (χ4n) is 9.94. The molecule has 0 N–H and O–H groups in total. The van der Waals surface area contributed by atoms with Crippen molar-refractivity contribution in [2.24, 2.45) is 22.7 Å². The number of para-hydroxylation sites is 1. The van der Waals surface area contributed by atoms with Crippen molar-refractivity contribution >= 4 is 41.0 Å². The fraction of sp³-hybridized carbons (Fsp3) is 0.538. The van der Waals surface area contributed by atoms with Gasteiger partial charge in [0.05, 0.1) is 63.1 Å². The Labute approximate surface area is 373 Å². The van der Waals surface area contributed by atoms with Crippen molar-refractivity contribution in [2.45, 2.75) is 130 Å². The molecule has 0 unspecified atom stereocenters. The standard InChI is InChI=1S/C52H67N3O8/c1-51(2,3)39(32-47(58)62-7)49(60)53-28-12-16-43(53)45(56)30-34-18-22-36(23-19-34)41-26-27-42(55(41)38-14-10-9-11-15-38)37-24-20-35(21-25-37)31-46(57)44-17-13-29-54(44)50(61)40(52(4,5)6)33-48(59)63-8/h9-11,14-15,18-25,39-44H,12-13,16-17,26-33H2,1-8H3/t39-,40-,41+,42+,43+,44+/m1/s1. The molecule has 338 valence electrons. The summed E-state index contributed by atoms with van der Waals surface area (Å²) in [5.41, 5.74) is 4.28. The SMILES string of the molecule is COC(=O)C[C@H](C(=O)N1CCC[C@H]1C(=O)Cc1ccc([C@@H]2CC[C@@H](c3ccc(CC(=O)[C@@H]4CCCN4C(=O)[C@@H](CC(=O)OC)C(C)(C)C)cc3)N2c2ccccc2)cc1)C(C)(C)C. The number of hydrogen-bond donors (Lipinski definition) is 0. The summed E-state index contributed by atoms with van der Waals surface area (Å²) in [5.74, 6) is -2.32. The lowest BCUT2D eigenvalue weighted by atomic mass is 9.77. The maximum absolute atomic E-state index is 13.8. The Morgan fingerprint density at radius 2 is 0.937 bits per heavy atom.